The lowest BCUT2D eigenvalue weighted by atomic mass is 9.93. The molecule has 0 saturated carbocycles. The molecule has 0 unspecified atom stereocenters. The predicted molar refractivity (Wildman–Crippen MR) is 430 cm³/mol. The summed E-state index contributed by atoms with van der Waals surface area (Å²) >= 11 is 0. The molecule has 0 atom stereocenters. The Kier molecular flexibility index (Phi) is 11.1. The lowest BCUT2D eigenvalue weighted by molar-refractivity contribution is 1.09. The van der Waals surface area contributed by atoms with Crippen molar-refractivity contribution in [3.63, 3.8) is 0 Å². The molecule has 104 heavy (non-hydrogen) atoms. The summed E-state index contributed by atoms with van der Waals surface area (Å²) in [6.45, 7) is 0. The number of benzene rings is 14. The fraction of sp³-hybridized carbons (Fsp3) is 0. The molecule has 14 aromatic carbocycles. The molecule has 24 rings (SSSR count). The van der Waals surface area contributed by atoms with E-state index < -0.39 is 0 Å². The van der Waals surface area contributed by atoms with Gasteiger partial charge in [-0.25, -0.2) is 9.97 Å². The largest absolute Gasteiger partial charge is 0.309 e. The van der Waals surface area contributed by atoms with Crippen LogP contribution in [-0.4, -0.2) is 38.2 Å². The van der Waals surface area contributed by atoms with Crippen molar-refractivity contribution in [1.29, 1.82) is 0 Å². The third-order valence-electron chi connectivity index (χ3n) is 22.8. The van der Waals surface area contributed by atoms with Crippen LogP contribution in [0.1, 0.15) is 0 Å². The monoisotopic (exact) mass is 1320 g/mol. The van der Waals surface area contributed by atoms with Crippen molar-refractivity contribution >= 4 is 130 Å². The molecule has 8 nitrogen and oxygen atoms in total. The van der Waals surface area contributed by atoms with Gasteiger partial charge in [0.05, 0.1) is 44.1 Å². The molecule has 8 heterocycles. The molecule has 0 spiro atoms. The zero-order valence-corrected chi connectivity index (χ0v) is 55.8. The van der Waals surface area contributed by atoms with Gasteiger partial charge < -0.3 is 9.13 Å². The number of fused-ring (bicyclic) bond motifs is 21. The number of hydrogen-bond donors (Lipinski definition) is 0. The SMILES string of the molecule is c1ccc(-n2c3ccccc3c3cc(-c4ccc5c(c4)c4cc6ccccc6cc4n5-c4nccc5c4-c4cncc6ccc(-c7ccc(-n8c9ccc(-c%10ccc%11c(c%10)c%10ccccc%10n%11-c%10nccc%11c%10-c%10cncc%12cccc-%11c%10%12)cc9c9ccc%10ccccc%10c98)cc7)c-5c46)ccc32)cc1. The first-order valence-electron chi connectivity index (χ1n) is 35.5. The number of para-hydroxylation sites is 3. The molecule has 8 aromatic heterocycles. The van der Waals surface area contributed by atoms with Gasteiger partial charge in [-0.2, -0.15) is 0 Å². The molecular weight excluding hydrogens is 1270 g/mol. The van der Waals surface area contributed by atoms with Gasteiger partial charge in [0.25, 0.3) is 0 Å². The number of nitrogens with zero attached hydrogens (tertiary/aromatic N) is 8. The van der Waals surface area contributed by atoms with Crippen molar-refractivity contribution in [2.24, 2.45) is 0 Å². The molecule has 2 aliphatic carbocycles. The van der Waals surface area contributed by atoms with Gasteiger partial charge in [0, 0.05) is 141 Å². The van der Waals surface area contributed by atoms with Gasteiger partial charge in [0.2, 0.25) is 0 Å². The van der Waals surface area contributed by atoms with Gasteiger partial charge >= 0.3 is 0 Å². The Morgan fingerprint density at radius 2 is 0.683 bits per heavy atom. The Labute approximate surface area is 594 Å². The normalized spacial score (nSPS) is 12.4. The van der Waals surface area contributed by atoms with Crippen molar-refractivity contribution in [3.8, 4) is 101 Å². The highest BCUT2D eigenvalue weighted by molar-refractivity contribution is 6.24. The summed E-state index contributed by atoms with van der Waals surface area (Å²) in [6, 6.07) is 108. The van der Waals surface area contributed by atoms with Crippen LogP contribution in [0.4, 0.5) is 0 Å². The molecule has 2 aliphatic rings. The average molecular weight is 1320 g/mol. The van der Waals surface area contributed by atoms with E-state index in [-0.39, 0.29) is 0 Å². The maximum atomic E-state index is 5.43. The Morgan fingerprint density at radius 1 is 0.212 bits per heavy atom. The van der Waals surface area contributed by atoms with E-state index in [0.717, 1.165) is 117 Å². The van der Waals surface area contributed by atoms with Gasteiger partial charge in [-0.1, -0.05) is 182 Å². The van der Waals surface area contributed by atoms with Gasteiger partial charge in [0.1, 0.15) is 11.6 Å². The maximum absolute atomic E-state index is 5.43. The molecule has 0 saturated heterocycles. The highest BCUT2D eigenvalue weighted by Crippen LogP contribution is 2.55. The lowest BCUT2D eigenvalue weighted by Gasteiger charge is -2.15. The molecule has 0 aliphatic heterocycles. The van der Waals surface area contributed by atoms with Crippen LogP contribution >= 0.6 is 0 Å². The Balaban J connectivity index is 0.628. The quantitative estimate of drug-likeness (QED) is 0.159. The summed E-state index contributed by atoms with van der Waals surface area (Å²) in [6.07, 6.45) is 12.0. The van der Waals surface area contributed by atoms with Crippen molar-refractivity contribution in [2.75, 3.05) is 0 Å². The highest BCUT2D eigenvalue weighted by atomic mass is 15.1. The number of aromatic nitrogens is 8. The molecule has 0 fully saturated rings. The van der Waals surface area contributed by atoms with Crippen molar-refractivity contribution in [2.45, 2.75) is 0 Å². The second-order valence-electron chi connectivity index (χ2n) is 28.1. The highest BCUT2D eigenvalue weighted by Gasteiger charge is 2.32. The Morgan fingerprint density at radius 3 is 1.37 bits per heavy atom. The number of rotatable bonds is 7. The van der Waals surface area contributed by atoms with Crippen molar-refractivity contribution in [3.05, 3.63) is 328 Å². The van der Waals surface area contributed by atoms with E-state index in [0.29, 0.717) is 0 Å². The molecule has 478 valence electrons. The minimum absolute atomic E-state index is 0.883. The first kappa shape index (κ1) is 55.8. The summed E-state index contributed by atoms with van der Waals surface area (Å²) in [5, 5.41) is 19.0. The predicted octanol–water partition coefficient (Wildman–Crippen LogP) is 24.6. The van der Waals surface area contributed by atoms with E-state index in [1.54, 1.807) is 0 Å². The van der Waals surface area contributed by atoms with E-state index in [4.69, 9.17) is 19.9 Å². The smallest absolute Gasteiger partial charge is 0.146 e. The minimum atomic E-state index is 0.883. The van der Waals surface area contributed by atoms with E-state index in [1.807, 2.05) is 31.0 Å². The first-order valence-corrected chi connectivity index (χ1v) is 35.5. The summed E-state index contributed by atoms with van der Waals surface area (Å²) < 4.78 is 9.64. The second-order valence-corrected chi connectivity index (χ2v) is 28.1. The van der Waals surface area contributed by atoms with Crippen LogP contribution < -0.4 is 0 Å². The lowest BCUT2D eigenvalue weighted by Crippen LogP contribution is -2.00. The first-order chi connectivity index (χ1) is 51.6. The molecule has 0 bridgehead atoms. The third-order valence-corrected chi connectivity index (χ3v) is 22.8. The molecule has 22 aromatic rings. The minimum Gasteiger partial charge on any atom is -0.309 e. The van der Waals surface area contributed by atoms with E-state index in [2.05, 4.69) is 316 Å². The second kappa shape index (κ2) is 20.8. The van der Waals surface area contributed by atoms with Gasteiger partial charge in [-0.15, -0.1) is 0 Å². The summed E-state index contributed by atoms with van der Waals surface area (Å²) in [4.78, 5) is 20.3. The summed E-state index contributed by atoms with van der Waals surface area (Å²) in [5.41, 5.74) is 27.5. The average Bonchev–Trinajstić information content (AvgIpc) is 1.57. The molecule has 8 heteroatoms. The van der Waals surface area contributed by atoms with Gasteiger partial charge in [0.15, 0.2) is 0 Å². The Bertz CT molecular complexity index is 7590. The van der Waals surface area contributed by atoms with Crippen molar-refractivity contribution < 1.29 is 0 Å². The van der Waals surface area contributed by atoms with Crippen molar-refractivity contribution in [1.82, 2.24) is 38.2 Å². The Hall–Kier alpha value is -14.1. The maximum Gasteiger partial charge on any atom is 0.146 e. The summed E-state index contributed by atoms with van der Waals surface area (Å²) in [5.74, 6) is 1.80. The number of pyridine rings is 4. The van der Waals surface area contributed by atoms with Crippen LogP contribution in [0.25, 0.3) is 231 Å². The van der Waals surface area contributed by atoms with Crippen LogP contribution in [0.2, 0.25) is 0 Å². The van der Waals surface area contributed by atoms with Crippen LogP contribution in [0, 0.1) is 0 Å². The van der Waals surface area contributed by atoms with Crippen LogP contribution in [0.15, 0.2) is 328 Å². The standard InChI is InChI=1S/C96H54N8/c1-2-17-65(18-3-1)101-82-23-10-8-20-69(82)75-46-59(29-37-84(75)101)62-32-40-87-78(49-62)79-45-57-14-4-5-15-58(57)50-88(79)104(87)96-93-74(42-44-100-96)91-67(35-28-64-52-98-54-81(93)90(64)91)56-25-33-66(34-26-56)102-85-38-30-61(48-77(85)73-36-27-55-13-6-7-19-68(55)94(73)102)60-31-39-86-76(47-60)70-21-9-11-24-83(70)103(86)95-92-72(41-43-99-95)71-22-12-16-63-51-97-53-80(92)89(63)71/h1-54H. The van der Waals surface area contributed by atoms with Crippen LogP contribution in [-0.2, 0) is 0 Å². The molecule has 0 amide bonds. The topological polar surface area (TPSA) is 71.3 Å². The van der Waals surface area contributed by atoms with E-state index >= 15 is 0 Å². The summed E-state index contributed by atoms with van der Waals surface area (Å²) in [7, 11) is 0. The molecule has 0 N–H and O–H groups in total. The van der Waals surface area contributed by atoms with Gasteiger partial charge in [-0.3, -0.25) is 19.1 Å². The molecule has 0 radical (unpaired) electrons. The zero-order valence-electron chi connectivity index (χ0n) is 55.8. The zero-order chi connectivity index (χ0) is 67.6. The van der Waals surface area contributed by atoms with Crippen LogP contribution in [0.5, 0.6) is 0 Å². The fourth-order valence-corrected chi connectivity index (χ4v) is 18.4. The van der Waals surface area contributed by atoms with Crippen LogP contribution in [0.3, 0.4) is 0 Å². The molecular formula is C96H54N8. The number of hydrogen-bond acceptors (Lipinski definition) is 4. The van der Waals surface area contributed by atoms with E-state index in [1.165, 1.54) is 114 Å². The van der Waals surface area contributed by atoms with E-state index in [9.17, 15) is 0 Å². The fourth-order valence-electron chi connectivity index (χ4n) is 18.4. The third kappa shape index (κ3) is 7.59. The van der Waals surface area contributed by atoms with Gasteiger partial charge in [-0.05, 0) is 181 Å².